The summed E-state index contributed by atoms with van der Waals surface area (Å²) >= 11 is -0.115. The number of ether oxygens (including phenoxy) is 1. The van der Waals surface area contributed by atoms with Crippen LogP contribution in [-0.2, 0) is 9.53 Å². The fourth-order valence-corrected chi connectivity index (χ4v) is 1.94. The normalized spacial score (nSPS) is 9.80. The molecule has 0 fully saturated rings. The van der Waals surface area contributed by atoms with Gasteiger partial charge in [-0.3, -0.25) is 13.9 Å². The van der Waals surface area contributed by atoms with Crippen LogP contribution in [0.1, 0.15) is 20.7 Å². The summed E-state index contributed by atoms with van der Waals surface area (Å²) in [5, 5.41) is 0. The number of carbonyl (C=O) groups excluding carboxylic acids is 3. The lowest BCUT2D eigenvalue weighted by atomic mass is 10.1. The number of benzene rings is 1. The van der Waals surface area contributed by atoms with Crippen LogP contribution in [0.25, 0.3) is 0 Å². The molecule has 0 unspecified atom stereocenters. The summed E-state index contributed by atoms with van der Waals surface area (Å²) in [6.45, 7) is 0. The number of esters is 1. The SMILES string of the molecule is COC(=O)c1cc(C=O)c(N(C)SF)c(N(C)C=O)c1. The van der Waals surface area contributed by atoms with Gasteiger partial charge < -0.3 is 9.64 Å². The van der Waals surface area contributed by atoms with Crippen molar-refractivity contribution in [2.75, 3.05) is 30.4 Å². The van der Waals surface area contributed by atoms with Crippen molar-refractivity contribution >= 4 is 42.4 Å². The molecular weight excluding hydrogens is 287 g/mol. The number of rotatable bonds is 6. The molecule has 1 aromatic carbocycles. The van der Waals surface area contributed by atoms with Crippen molar-refractivity contribution in [3.63, 3.8) is 0 Å². The predicted octanol–water partition coefficient (Wildman–Crippen LogP) is 1.85. The molecule has 6 nitrogen and oxygen atoms in total. The van der Waals surface area contributed by atoms with E-state index in [1.165, 1.54) is 33.3 Å². The van der Waals surface area contributed by atoms with E-state index < -0.39 is 5.97 Å². The van der Waals surface area contributed by atoms with Crippen molar-refractivity contribution in [2.45, 2.75) is 0 Å². The summed E-state index contributed by atoms with van der Waals surface area (Å²) in [7, 11) is 4.02. The van der Waals surface area contributed by atoms with Crippen molar-refractivity contribution in [1.82, 2.24) is 0 Å². The van der Waals surface area contributed by atoms with Crippen molar-refractivity contribution in [3.05, 3.63) is 23.3 Å². The average molecular weight is 300 g/mol. The highest BCUT2D eigenvalue weighted by Crippen LogP contribution is 2.36. The summed E-state index contributed by atoms with van der Waals surface area (Å²) in [5.41, 5.74) is 0.580. The molecule has 0 aromatic heterocycles. The molecule has 20 heavy (non-hydrogen) atoms. The molecule has 0 N–H and O–H groups in total. The van der Waals surface area contributed by atoms with Crippen LogP contribution in [-0.4, -0.2) is 39.9 Å². The van der Waals surface area contributed by atoms with Gasteiger partial charge in [-0.2, -0.15) is 0 Å². The average Bonchev–Trinajstić information content (AvgIpc) is 2.50. The predicted molar refractivity (Wildman–Crippen MR) is 74.7 cm³/mol. The van der Waals surface area contributed by atoms with Crippen LogP contribution in [0, 0.1) is 0 Å². The van der Waals surface area contributed by atoms with E-state index in [0.717, 1.165) is 9.21 Å². The van der Waals surface area contributed by atoms with Gasteiger partial charge in [0.15, 0.2) is 18.6 Å². The number of hydrogen-bond donors (Lipinski definition) is 0. The molecule has 0 aliphatic rings. The lowest BCUT2D eigenvalue weighted by Gasteiger charge is -2.23. The first kappa shape index (κ1) is 16.0. The molecule has 0 bridgehead atoms. The van der Waals surface area contributed by atoms with Crippen LogP contribution in [0.5, 0.6) is 0 Å². The van der Waals surface area contributed by atoms with Gasteiger partial charge >= 0.3 is 5.97 Å². The van der Waals surface area contributed by atoms with Gasteiger partial charge in [-0.25, -0.2) is 4.79 Å². The third-order valence-corrected chi connectivity index (χ3v) is 3.01. The third-order valence-electron chi connectivity index (χ3n) is 2.62. The maximum absolute atomic E-state index is 12.8. The van der Waals surface area contributed by atoms with E-state index in [-0.39, 0.29) is 34.8 Å². The van der Waals surface area contributed by atoms with Crippen LogP contribution in [0.3, 0.4) is 0 Å². The summed E-state index contributed by atoms with van der Waals surface area (Å²) in [5.74, 6) is -0.657. The van der Waals surface area contributed by atoms with Gasteiger partial charge in [-0.15, -0.1) is 3.89 Å². The second-order valence-corrected chi connectivity index (χ2v) is 4.51. The van der Waals surface area contributed by atoms with Crippen LogP contribution < -0.4 is 9.21 Å². The maximum Gasteiger partial charge on any atom is 0.337 e. The van der Waals surface area contributed by atoms with Gasteiger partial charge in [0.2, 0.25) is 6.41 Å². The van der Waals surface area contributed by atoms with Gasteiger partial charge in [-0.1, -0.05) is 0 Å². The Bertz CT molecular complexity index is 538. The smallest absolute Gasteiger partial charge is 0.337 e. The number of aldehydes is 1. The highest BCUT2D eigenvalue weighted by Gasteiger charge is 2.20. The Balaban J connectivity index is 3.59. The van der Waals surface area contributed by atoms with Crippen LogP contribution >= 0.6 is 12.3 Å². The highest BCUT2D eigenvalue weighted by atomic mass is 32.2. The Hall–Kier alpha value is -2.09. The zero-order chi connectivity index (χ0) is 15.3. The highest BCUT2D eigenvalue weighted by molar-refractivity contribution is 7.95. The first-order chi connectivity index (χ1) is 9.49. The van der Waals surface area contributed by atoms with Crippen molar-refractivity contribution in [2.24, 2.45) is 0 Å². The number of carbonyl (C=O) groups is 3. The summed E-state index contributed by atoms with van der Waals surface area (Å²) < 4.78 is 18.4. The molecule has 0 spiro atoms. The van der Waals surface area contributed by atoms with Gasteiger partial charge in [0.1, 0.15) is 0 Å². The van der Waals surface area contributed by atoms with Crippen LogP contribution in [0.15, 0.2) is 12.1 Å². The zero-order valence-corrected chi connectivity index (χ0v) is 11.9. The van der Waals surface area contributed by atoms with Crippen molar-refractivity contribution in [1.29, 1.82) is 0 Å². The van der Waals surface area contributed by atoms with Crippen LogP contribution in [0.2, 0.25) is 0 Å². The summed E-state index contributed by atoms with van der Waals surface area (Å²) in [6, 6.07) is 2.64. The van der Waals surface area contributed by atoms with E-state index in [1.54, 1.807) is 0 Å². The first-order valence-corrected chi connectivity index (χ1v) is 6.09. The minimum Gasteiger partial charge on any atom is -0.465 e. The number of nitrogens with zero attached hydrogens (tertiary/aromatic N) is 2. The van der Waals surface area contributed by atoms with E-state index in [1.807, 2.05) is 0 Å². The largest absolute Gasteiger partial charge is 0.465 e. The van der Waals surface area contributed by atoms with Gasteiger partial charge in [0, 0.05) is 19.7 Å². The van der Waals surface area contributed by atoms with E-state index in [0.29, 0.717) is 12.7 Å². The van der Waals surface area contributed by atoms with Gasteiger partial charge in [0.05, 0.1) is 24.0 Å². The van der Waals surface area contributed by atoms with E-state index in [9.17, 15) is 18.3 Å². The zero-order valence-electron chi connectivity index (χ0n) is 11.1. The number of methoxy groups -OCH3 is 1. The molecule has 0 saturated heterocycles. The molecule has 0 aliphatic carbocycles. The van der Waals surface area contributed by atoms with E-state index >= 15 is 0 Å². The number of amides is 1. The molecule has 0 saturated carbocycles. The Kier molecular flexibility index (Phi) is 5.51. The van der Waals surface area contributed by atoms with Gasteiger partial charge in [0.25, 0.3) is 0 Å². The molecule has 1 amide bonds. The van der Waals surface area contributed by atoms with Crippen molar-refractivity contribution < 1.29 is 23.0 Å². The first-order valence-electron chi connectivity index (χ1n) is 5.42. The number of hydrogen-bond acceptors (Lipinski definition) is 6. The molecule has 0 atom stereocenters. The minimum absolute atomic E-state index is 0.0734. The lowest BCUT2D eigenvalue weighted by Crippen LogP contribution is -2.20. The Morgan fingerprint density at radius 3 is 2.45 bits per heavy atom. The summed E-state index contributed by atoms with van der Waals surface area (Å²) in [4.78, 5) is 34.8. The standard InChI is InChI=1S/C12H13FN2O4S/c1-14(7-17)10-5-8(12(18)19-3)4-9(6-16)11(10)15(2)20-13/h4-7H,1-3H3. The molecule has 0 aliphatic heterocycles. The van der Waals surface area contributed by atoms with Crippen LogP contribution in [0.4, 0.5) is 15.3 Å². The minimum atomic E-state index is -0.657. The molecule has 8 heteroatoms. The molecule has 1 aromatic rings. The topological polar surface area (TPSA) is 66.9 Å². The Labute approximate surface area is 119 Å². The fraction of sp³-hybridized carbons (Fsp3) is 0.250. The monoisotopic (exact) mass is 300 g/mol. The summed E-state index contributed by atoms with van der Waals surface area (Å²) in [6.07, 6.45) is 0.974. The number of anilines is 2. The molecular formula is C12H13FN2O4S. The van der Waals surface area contributed by atoms with E-state index in [2.05, 4.69) is 4.74 Å². The maximum atomic E-state index is 12.8. The lowest BCUT2D eigenvalue weighted by molar-refractivity contribution is -0.107. The Morgan fingerprint density at radius 1 is 1.35 bits per heavy atom. The van der Waals surface area contributed by atoms with Gasteiger partial charge in [-0.05, 0) is 12.1 Å². The second-order valence-electron chi connectivity index (χ2n) is 3.83. The Morgan fingerprint density at radius 2 is 2.00 bits per heavy atom. The molecule has 1 rings (SSSR count). The number of halogens is 1. The molecule has 108 valence electrons. The van der Waals surface area contributed by atoms with Crippen molar-refractivity contribution in [3.8, 4) is 0 Å². The van der Waals surface area contributed by atoms with E-state index in [4.69, 9.17) is 0 Å². The molecule has 0 heterocycles. The molecule has 0 radical (unpaired) electrons. The quantitative estimate of drug-likeness (QED) is 0.454. The second kappa shape index (κ2) is 6.90. The fourth-order valence-electron chi connectivity index (χ4n) is 1.67. The third kappa shape index (κ3) is 3.08.